The molecule has 1 aliphatic heterocycles. The molecule has 0 fully saturated rings. The molecule has 1 heterocycles. The van der Waals surface area contributed by atoms with Crippen LogP contribution in [0, 0.1) is 5.92 Å². The molecule has 1 aliphatic rings. The van der Waals surface area contributed by atoms with Gasteiger partial charge in [-0.2, -0.15) is 0 Å². The van der Waals surface area contributed by atoms with E-state index in [9.17, 15) is 9.59 Å². The van der Waals surface area contributed by atoms with Crippen LogP contribution in [0.1, 0.15) is 35.3 Å². The summed E-state index contributed by atoms with van der Waals surface area (Å²) < 4.78 is 16.2. The van der Waals surface area contributed by atoms with Crippen LogP contribution in [0.3, 0.4) is 0 Å². The lowest BCUT2D eigenvalue weighted by atomic mass is 10.00. The highest BCUT2D eigenvalue weighted by Crippen LogP contribution is 2.29. The van der Waals surface area contributed by atoms with Gasteiger partial charge in [0.15, 0.2) is 18.1 Å². The van der Waals surface area contributed by atoms with Gasteiger partial charge in [-0.05, 0) is 41.7 Å². The fourth-order valence-corrected chi connectivity index (χ4v) is 3.18. The van der Waals surface area contributed by atoms with Crippen LogP contribution in [0.25, 0.3) is 0 Å². The van der Waals surface area contributed by atoms with E-state index in [4.69, 9.17) is 14.2 Å². The van der Waals surface area contributed by atoms with E-state index in [1.54, 1.807) is 23.1 Å². The highest BCUT2D eigenvalue weighted by molar-refractivity contribution is 5.92. The summed E-state index contributed by atoms with van der Waals surface area (Å²) in [5, 5.41) is 0. The van der Waals surface area contributed by atoms with E-state index in [1.807, 2.05) is 18.2 Å². The van der Waals surface area contributed by atoms with Crippen molar-refractivity contribution in [1.29, 1.82) is 0 Å². The Morgan fingerprint density at radius 1 is 1.07 bits per heavy atom. The van der Waals surface area contributed by atoms with E-state index in [0.29, 0.717) is 42.7 Å². The SMILES string of the molecule is COc1cc(C(=O)OCC(=O)N2CCc3ccccc3C2)ccc1OCC(C)C. The number of rotatable bonds is 7. The van der Waals surface area contributed by atoms with Gasteiger partial charge in [0.05, 0.1) is 19.3 Å². The van der Waals surface area contributed by atoms with Gasteiger partial charge in [-0.1, -0.05) is 38.1 Å². The van der Waals surface area contributed by atoms with Crippen molar-refractivity contribution < 1.29 is 23.8 Å². The van der Waals surface area contributed by atoms with Gasteiger partial charge in [0.1, 0.15) is 0 Å². The second kappa shape index (κ2) is 9.45. The summed E-state index contributed by atoms with van der Waals surface area (Å²) in [6, 6.07) is 12.9. The van der Waals surface area contributed by atoms with Crippen molar-refractivity contribution >= 4 is 11.9 Å². The van der Waals surface area contributed by atoms with E-state index in [2.05, 4.69) is 19.9 Å². The molecule has 0 aliphatic carbocycles. The molecule has 0 atom stereocenters. The number of carbonyl (C=O) groups is 2. The minimum atomic E-state index is -0.565. The first-order chi connectivity index (χ1) is 14.0. The molecule has 6 nitrogen and oxygen atoms in total. The average Bonchev–Trinajstić information content (AvgIpc) is 2.75. The van der Waals surface area contributed by atoms with Crippen molar-refractivity contribution in [3.63, 3.8) is 0 Å². The Labute approximate surface area is 171 Å². The van der Waals surface area contributed by atoms with E-state index in [1.165, 1.54) is 12.7 Å². The van der Waals surface area contributed by atoms with Crippen molar-refractivity contribution in [2.75, 3.05) is 26.9 Å². The third-order valence-electron chi connectivity index (χ3n) is 4.78. The molecule has 1 amide bonds. The minimum absolute atomic E-state index is 0.197. The number of hydrogen-bond donors (Lipinski definition) is 0. The van der Waals surface area contributed by atoms with Crippen molar-refractivity contribution in [1.82, 2.24) is 4.90 Å². The first-order valence-electron chi connectivity index (χ1n) is 9.80. The van der Waals surface area contributed by atoms with Gasteiger partial charge in [0, 0.05) is 13.1 Å². The number of fused-ring (bicyclic) bond motifs is 1. The molecule has 0 radical (unpaired) electrons. The lowest BCUT2D eigenvalue weighted by molar-refractivity contribution is -0.135. The van der Waals surface area contributed by atoms with Crippen LogP contribution in [0.4, 0.5) is 0 Å². The predicted octanol–water partition coefficient (Wildman–Crippen LogP) is 3.47. The molecule has 0 saturated heterocycles. The quantitative estimate of drug-likeness (QED) is 0.670. The van der Waals surface area contributed by atoms with Gasteiger partial charge in [-0.15, -0.1) is 0 Å². The maximum atomic E-state index is 12.5. The van der Waals surface area contributed by atoms with Crippen LogP contribution < -0.4 is 9.47 Å². The van der Waals surface area contributed by atoms with E-state index >= 15 is 0 Å². The molecule has 0 unspecified atom stereocenters. The van der Waals surface area contributed by atoms with Crippen molar-refractivity contribution in [2.24, 2.45) is 5.92 Å². The number of ether oxygens (including phenoxy) is 3. The van der Waals surface area contributed by atoms with E-state index < -0.39 is 5.97 Å². The number of carbonyl (C=O) groups excluding carboxylic acids is 2. The van der Waals surface area contributed by atoms with Gasteiger partial charge in [-0.3, -0.25) is 4.79 Å². The number of hydrogen-bond acceptors (Lipinski definition) is 5. The largest absolute Gasteiger partial charge is 0.493 e. The Bertz CT molecular complexity index is 877. The second-order valence-electron chi connectivity index (χ2n) is 7.48. The minimum Gasteiger partial charge on any atom is -0.493 e. The van der Waals surface area contributed by atoms with Crippen molar-refractivity contribution in [3.05, 3.63) is 59.2 Å². The normalized spacial score (nSPS) is 13.0. The zero-order chi connectivity index (χ0) is 20.8. The van der Waals surface area contributed by atoms with Crippen LogP contribution in [-0.4, -0.2) is 43.6 Å². The summed E-state index contributed by atoms with van der Waals surface area (Å²) in [7, 11) is 1.52. The summed E-state index contributed by atoms with van der Waals surface area (Å²) in [5.41, 5.74) is 2.72. The molecule has 29 heavy (non-hydrogen) atoms. The topological polar surface area (TPSA) is 65.1 Å². The monoisotopic (exact) mass is 397 g/mol. The predicted molar refractivity (Wildman–Crippen MR) is 109 cm³/mol. The first-order valence-corrected chi connectivity index (χ1v) is 9.80. The third-order valence-corrected chi connectivity index (χ3v) is 4.78. The molecule has 0 spiro atoms. The van der Waals surface area contributed by atoms with Gasteiger partial charge in [0.25, 0.3) is 5.91 Å². The molecule has 0 bridgehead atoms. The van der Waals surface area contributed by atoms with Gasteiger partial charge >= 0.3 is 5.97 Å². The smallest absolute Gasteiger partial charge is 0.338 e. The van der Waals surface area contributed by atoms with Crippen LogP contribution >= 0.6 is 0 Å². The highest BCUT2D eigenvalue weighted by atomic mass is 16.5. The molecule has 154 valence electrons. The zero-order valence-electron chi connectivity index (χ0n) is 17.1. The van der Waals surface area contributed by atoms with Gasteiger partial charge < -0.3 is 19.1 Å². The van der Waals surface area contributed by atoms with Crippen LogP contribution in [0.2, 0.25) is 0 Å². The molecular formula is C23H27NO5. The van der Waals surface area contributed by atoms with Gasteiger partial charge in [-0.25, -0.2) is 4.79 Å². The van der Waals surface area contributed by atoms with Crippen LogP contribution in [0.15, 0.2) is 42.5 Å². The Kier molecular flexibility index (Phi) is 6.75. The third kappa shape index (κ3) is 5.28. The molecule has 0 aromatic heterocycles. The average molecular weight is 397 g/mol. The number of amides is 1. The standard InChI is InChI=1S/C23H27NO5/c1-16(2)14-28-20-9-8-18(12-21(20)27-3)23(26)29-15-22(25)24-11-10-17-6-4-5-7-19(17)13-24/h4-9,12,16H,10-11,13-15H2,1-3H3. The summed E-state index contributed by atoms with van der Waals surface area (Å²) in [5.74, 6) is 0.637. The summed E-state index contributed by atoms with van der Waals surface area (Å²) >= 11 is 0. The maximum Gasteiger partial charge on any atom is 0.338 e. The van der Waals surface area contributed by atoms with E-state index in [0.717, 1.165) is 12.0 Å². The number of methoxy groups -OCH3 is 1. The Hall–Kier alpha value is -3.02. The number of benzene rings is 2. The Morgan fingerprint density at radius 2 is 1.83 bits per heavy atom. The molecule has 3 rings (SSSR count). The summed E-state index contributed by atoms with van der Waals surface area (Å²) in [6.45, 7) is 5.54. The number of nitrogens with zero attached hydrogens (tertiary/aromatic N) is 1. The van der Waals surface area contributed by atoms with Crippen molar-refractivity contribution in [2.45, 2.75) is 26.8 Å². The lowest BCUT2D eigenvalue weighted by Gasteiger charge is -2.28. The van der Waals surface area contributed by atoms with Crippen LogP contribution in [-0.2, 0) is 22.5 Å². The fraction of sp³-hybridized carbons (Fsp3) is 0.391. The fourth-order valence-electron chi connectivity index (χ4n) is 3.18. The molecule has 6 heteroatoms. The van der Waals surface area contributed by atoms with Crippen molar-refractivity contribution in [3.8, 4) is 11.5 Å². The van der Waals surface area contributed by atoms with Gasteiger partial charge in [0.2, 0.25) is 0 Å². The van der Waals surface area contributed by atoms with Crippen LogP contribution in [0.5, 0.6) is 11.5 Å². The Balaban J connectivity index is 1.57. The highest BCUT2D eigenvalue weighted by Gasteiger charge is 2.22. The molecule has 0 saturated carbocycles. The maximum absolute atomic E-state index is 12.5. The number of esters is 1. The van der Waals surface area contributed by atoms with E-state index in [-0.39, 0.29) is 12.5 Å². The molecule has 2 aromatic rings. The first kappa shape index (κ1) is 20.7. The molecule has 2 aromatic carbocycles. The summed E-state index contributed by atoms with van der Waals surface area (Å²) in [6.07, 6.45) is 0.810. The molecular weight excluding hydrogens is 370 g/mol. The lowest BCUT2D eigenvalue weighted by Crippen LogP contribution is -2.38. The summed E-state index contributed by atoms with van der Waals surface area (Å²) in [4.78, 5) is 26.6. The molecule has 0 N–H and O–H groups in total. The Morgan fingerprint density at radius 3 is 2.55 bits per heavy atom. The zero-order valence-corrected chi connectivity index (χ0v) is 17.1. The second-order valence-corrected chi connectivity index (χ2v) is 7.48.